The van der Waals surface area contributed by atoms with Gasteiger partial charge in [0.2, 0.25) is 5.91 Å². The molecule has 2 aliphatic rings. The number of benzene rings is 2. The number of oxime groups is 1. The first-order valence-corrected chi connectivity index (χ1v) is 12.9. The number of aromatic hydroxyl groups is 1. The smallest absolute Gasteiger partial charge is 0.286 e. The van der Waals surface area contributed by atoms with Crippen LogP contribution in [0, 0.1) is 26.7 Å². The van der Waals surface area contributed by atoms with E-state index >= 15 is 0 Å². The Balaban J connectivity index is 1.56. The van der Waals surface area contributed by atoms with Crippen molar-refractivity contribution in [3.05, 3.63) is 52.1 Å². The van der Waals surface area contributed by atoms with Crippen LogP contribution in [-0.4, -0.2) is 44.6 Å². The Kier molecular flexibility index (Phi) is 7.22. The SMILES string of the molecule is Cc1c(C)c2c(c(C)c1O)/C(=N/O)CC(COc1ccc(CC3SC(=O)NC3=O)cc1)(CC(C)C)O2. The molecule has 3 N–H and O–H groups in total. The molecule has 2 unspecified atom stereocenters. The summed E-state index contributed by atoms with van der Waals surface area (Å²) in [5.74, 6) is 1.47. The number of hydrogen-bond acceptors (Lipinski definition) is 8. The number of carbonyl (C=O) groups is 2. The minimum absolute atomic E-state index is 0.182. The van der Waals surface area contributed by atoms with E-state index in [1.165, 1.54) is 0 Å². The molecule has 192 valence electrons. The first-order chi connectivity index (χ1) is 17.0. The topological polar surface area (TPSA) is 117 Å². The zero-order chi connectivity index (χ0) is 26.2. The standard InChI is InChI=1S/C27H32N2O6S/c1-14(2)11-27(12-20(29-33)22-17(5)23(30)15(3)16(4)24(22)35-27)13-34-19-8-6-18(7-9-19)10-21-25(31)28-26(32)36-21/h6-9,14,21,30,33H,10-13H2,1-5H3,(H,28,31,32)/b29-20+. The molecule has 2 amide bonds. The fraction of sp³-hybridized carbons (Fsp3) is 0.444. The molecular weight excluding hydrogens is 480 g/mol. The third kappa shape index (κ3) is 5.02. The average molecular weight is 513 g/mol. The Bertz CT molecular complexity index is 1220. The van der Waals surface area contributed by atoms with E-state index in [-0.39, 0.29) is 29.4 Å². The van der Waals surface area contributed by atoms with E-state index in [9.17, 15) is 19.9 Å². The highest BCUT2D eigenvalue weighted by Gasteiger charge is 2.43. The van der Waals surface area contributed by atoms with E-state index in [1.54, 1.807) is 6.92 Å². The molecule has 1 fully saturated rings. The molecule has 4 rings (SSSR count). The van der Waals surface area contributed by atoms with Crippen molar-refractivity contribution in [2.24, 2.45) is 11.1 Å². The van der Waals surface area contributed by atoms with Crippen molar-refractivity contribution in [1.82, 2.24) is 5.32 Å². The lowest BCUT2D eigenvalue weighted by Gasteiger charge is -2.41. The van der Waals surface area contributed by atoms with Crippen LogP contribution in [-0.2, 0) is 11.2 Å². The summed E-state index contributed by atoms with van der Waals surface area (Å²) in [4.78, 5) is 23.3. The molecule has 8 nitrogen and oxygen atoms in total. The van der Waals surface area contributed by atoms with Gasteiger partial charge in [-0.05, 0) is 68.4 Å². The molecule has 2 aromatic carbocycles. The number of phenolic OH excluding ortho intramolecular Hbond substituents is 1. The maximum Gasteiger partial charge on any atom is 0.286 e. The second-order valence-electron chi connectivity index (χ2n) is 10.1. The van der Waals surface area contributed by atoms with Gasteiger partial charge in [-0.2, -0.15) is 0 Å². The van der Waals surface area contributed by atoms with E-state index in [2.05, 4.69) is 24.3 Å². The minimum Gasteiger partial charge on any atom is -0.507 e. The van der Waals surface area contributed by atoms with Gasteiger partial charge in [0.1, 0.15) is 29.5 Å². The lowest BCUT2D eigenvalue weighted by molar-refractivity contribution is -0.118. The maximum absolute atomic E-state index is 11.8. The van der Waals surface area contributed by atoms with Gasteiger partial charge in [-0.25, -0.2) is 0 Å². The largest absolute Gasteiger partial charge is 0.507 e. The molecule has 0 aromatic heterocycles. The Hall–Kier alpha value is -3.20. The van der Waals surface area contributed by atoms with E-state index in [4.69, 9.17) is 9.47 Å². The minimum atomic E-state index is -0.763. The summed E-state index contributed by atoms with van der Waals surface area (Å²) in [5, 5.41) is 25.7. The number of hydrogen-bond donors (Lipinski definition) is 3. The predicted octanol–water partition coefficient (Wildman–Crippen LogP) is 5.04. The maximum atomic E-state index is 11.8. The van der Waals surface area contributed by atoms with E-state index < -0.39 is 10.9 Å². The van der Waals surface area contributed by atoms with Crippen LogP contribution in [0.1, 0.15) is 54.5 Å². The third-order valence-corrected chi connectivity index (χ3v) is 7.81. The summed E-state index contributed by atoms with van der Waals surface area (Å²) in [6, 6.07) is 7.46. The molecule has 1 saturated heterocycles. The van der Waals surface area contributed by atoms with Gasteiger partial charge in [0, 0.05) is 17.5 Å². The molecule has 0 aliphatic carbocycles. The van der Waals surface area contributed by atoms with E-state index in [0.717, 1.165) is 28.5 Å². The van der Waals surface area contributed by atoms with E-state index in [1.807, 2.05) is 38.1 Å². The lowest BCUT2D eigenvalue weighted by atomic mass is 9.81. The number of imide groups is 1. The van der Waals surface area contributed by atoms with E-state index in [0.29, 0.717) is 47.6 Å². The van der Waals surface area contributed by atoms with Crippen LogP contribution < -0.4 is 14.8 Å². The average Bonchev–Trinajstić information content (AvgIpc) is 3.16. The van der Waals surface area contributed by atoms with Crippen molar-refractivity contribution >= 4 is 28.6 Å². The number of nitrogens with zero attached hydrogens (tertiary/aromatic N) is 1. The number of phenols is 1. The number of thioether (sulfide) groups is 1. The Morgan fingerprint density at radius 3 is 2.44 bits per heavy atom. The van der Waals surface area contributed by atoms with Crippen LogP contribution in [0.15, 0.2) is 29.4 Å². The molecule has 9 heteroatoms. The second-order valence-corrected chi connectivity index (χ2v) is 11.2. The van der Waals surface area contributed by atoms with Gasteiger partial charge in [0.15, 0.2) is 0 Å². The Labute approximate surface area is 215 Å². The van der Waals surface area contributed by atoms with Gasteiger partial charge in [0.05, 0.1) is 11.0 Å². The summed E-state index contributed by atoms with van der Waals surface area (Å²) in [5.41, 5.74) is 3.44. The molecule has 2 aromatic rings. The molecule has 2 atom stereocenters. The van der Waals surface area contributed by atoms with Crippen molar-refractivity contribution in [2.75, 3.05) is 6.61 Å². The van der Waals surface area contributed by atoms with Crippen LogP contribution in [0.2, 0.25) is 0 Å². The van der Waals surface area contributed by atoms with Gasteiger partial charge < -0.3 is 19.8 Å². The fourth-order valence-electron chi connectivity index (χ4n) is 4.99. The highest BCUT2D eigenvalue weighted by atomic mass is 32.2. The van der Waals surface area contributed by atoms with Crippen molar-refractivity contribution < 1.29 is 29.4 Å². The summed E-state index contributed by atoms with van der Waals surface area (Å²) >= 11 is 1.01. The first-order valence-electron chi connectivity index (χ1n) is 12.0. The summed E-state index contributed by atoms with van der Waals surface area (Å²) in [6.07, 6.45) is 1.46. The van der Waals surface area contributed by atoms with Gasteiger partial charge >= 0.3 is 0 Å². The molecule has 0 radical (unpaired) electrons. The number of carbonyl (C=O) groups excluding carboxylic acids is 2. The quantitative estimate of drug-likeness (QED) is 0.352. The predicted molar refractivity (Wildman–Crippen MR) is 139 cm³/mol. The fourth-order valence-corrected chi connectivity index (χ4v) is 5.85. The Morgan fingerprint density at radius 1 is 1.17 bits per heavy atom. The van der Waals surface area contributed by atoms with Gasteiger partial charge in [-0.1, -0.05) is 42.9 Å². The van der Waals surface area contributed by atoms with Crippen LogP contribution in [0.25, 0.3) is 0 Å². The number of nitrogens with one attached hydrogen (secondary N) is 1. The molecular formula is C27H32N2O6S. The number of ether oxygens (including phenoxy) is 2. The molecule has 2 aliphatic heterocycles. The van der Waals surface area contributed by atoms with Gasteiger partial charge in [-0.3, -0.25) is 14.9 Å². The van der Waals surface area contributed by atoms with Crippen molar-refractivity contribution in [2.45, 2.75) is 64.7 Å². The highest BCUT2D eigenvalue weighted by Crippen LogP contribution is 2.45. The molecule has 0 saturated carbocycles. The van der Waals surface area contributed by atoms with Crippen LogP contribution in [0.3, 0.4) is 0 Å². The summed E-state index contributed by atoms with van der Waals surface area (Å²) in [6.45, 7) is 9.98. The normalized spacial score (nSPS) is 22.5. The molecule has 2 heterocycles. The van der Waals surface area contributed by atoms with Gasteiger partial charge in [-0.15, -0.1) is 0 Å². The molecule has 0 bridgehead atoms. The van der Waals surface area contributed by atoms with Crippen molar-refractivity contribution in [1.29, 1.82) is 0 Å². The monoisotopic (exact) mass is 512 g/mol. The third-order valence-electron chi connectivity index (χ3n) is 6.83. The van der Waals surface area contributed by atoms with Crippen LogP contribution >= 0.6 is 11.8 Å². The zero-order valence-corrected chi connectivity index (χ0v) is 22.0. The summed E-state index contributed by atoms with van der Waals surface area (Å²) in [7, 11) is 0. The van der Waals surface area contributed by atoms with Crippen molar-refractivity contribution in [3.8, 4) is 17.2 Å². The number of fused-ring (bicyclic) bond motifs is 1. The lowest BCUT2D eigenvalue weighted by Crippen LogP contribution is -2.48. The number of amides is 2. The highest BCUT2D eigenvalue weighted by molar-refractivity contribution is 8.15. The van der Waals surface area contributed by atoms with Crippen LogP contribution in [0.5, 0.6) is 17.2 Å². The first kappa shape index (κ1) is 25.9. The Morgan fingerprint density at radius 2 is 1.86 bits per heavy atom. The molecule has 36 heavy (non-hydrogen) atoms. The number of rotatable bonds is 7. The second kappa shape index (κ2) is 10.0. The van der Waals surface area contributed by atoms with Crippen molar-refractivity contribution in [3.63, 3.8) is 0 Å². The summed E-state index contributed by atoms with van der Waals surface area (Å²) < 4.78 is 12.9. The van der Waals surface area contributed by atoms with Crippen LogP contribution in [0.4, 0.5) is 4.79 Å². The van der Waals surface area contributed by atoms with Gasteiger partial charge in [0.25, 0.3) is 5.24 Å². The molecule has 0 spiro atoms. The zero-order valence-electron chi connectivity index (χ0n) is 21.2.